The highest BCUT2D eigenvalue weighted by Gasteiger charge is 2.50. The van der Waals surface area contributed by atoms with Gasteiger partial charge in [-0.3, -0.25) is 0 Å². The van der Waals surface area contributed by atoms with Crippen molar-refractivity contribution in [1.29, 1.82) is 0 Å². The van der Waals surface area contributed by atoms with E-state index in [1.807, 2.05) is 11.8 Å². The summed E-state index contributed by atoms with van der Waals surface area (Å²) >= 11 is 1.89. The molecule has 6 aromatic carbocycles. The van der Waals surface area contributed by atoms with Crippen LogP contribution in [0.25, 0.3) is 11.1 Å². The van der Waals surface area contributed by atoms with Crippen molar-refractivity contribution >= 4 is 28.8 Å². The van der Waals surface area contributed by atoms with E-state index in [4.69, 9.17) is 0 Å². The van der Waals surface area contributed by atoms with Crippen LogP contribution >= 0.6 is 11.8 Å². The van der Waals surface area contributed by atoms with Crippen LogP contribution in [0, 0.1) is 0 Å². The molecular weight excluding hydrogens is 490 g/mol. The predicted octanol–water partition coefficient (Wildman–Crippen LogP) is 9.98. The Labute approximate surface area is 233 Å². The first-order valence-electron chi connectivity index (χ1n) is 13.4. The molecule has 6 aromatic rings. The molecule has 1 nitrogen and oxygen atoms in total. The Morgan fingerprint density at radius 1 is 0.385 bits per heavy atom. The fourth-order valence-corrected chi connectivity index (χ4v) is 7.77. The van der Waals surface area contributed by atoms with E-state index in [9.17, 15) is 0 Å². The summed E-state index contributed by atoms with van der Waals surface area (Å²) in [6.45, 7) is 0. The lowest BCUT2D eigenvalue weighted by Gasteiger charge is -2.40. The van der Waals surface area contributed by atoms with Crippen molar-refractivity contribution in [2.75, 3.05) is 4.90 Å². The highest BCUT2D eigenvalue weighted by Crippen LogP contribution is 2.62. The molecule has 0 radical (unpaired) electrons. The molecule has 0 bridgehead atoms. The summed E-state index contributed by atoms with van der Waals surface area (Å²) in [5, 5.41) is 0. The minimum atomic E-state index is -0.376. The smallest absolute Gasteiger partial charge is 0.0736 e. The van der Waals surface area contributed by atoms with Crippen molar-refractivity contribution in [1.82, 2.24) is 0 Å². The predicted molar refractivity (Wildman–Crippen MR) is 163 cm³/mol. The number of para-hydroxylation sites is 2. The topological polar surface area (TPSA) is 3.24 Å². The van der Waals surface area contributed by atoms with Gasteiger partial charge in [-0.15, -0.1) is 0 Å². The van der Waals surface area contributed by atoms with E-state index in [1.165, 1.54) is 43.2 Å². The summed E-state index contributed by atoms with van der Waals surface area (Å²) < 4.78 is 0. The molecule has 1 aliphatic carbocycles. The van der Waals surface area contributed by atoms with Crippen LogP contribution in [0.5, 0.6) is 0 Å². The van der Waals surface area contributed by atoms with Crippen LogP contribution in [0.4, 0.5) is 17.1 Å². The van der Waals surface area contributed by atoms with Gasteiger partial charge in [0.15, 0.2) is 0 Å². The van der Waals surface area contributed by atoms with Crippen molar-refractivity contribution in [2.45, 2.75) is 15.2 Å². The molecule has 0 unspecified atom stereocenters. The van der Waals surface area contributed by atoms with Crippen molar-refractivity contribution in [2.24, 2.45) is 0 Å². The molecule has 0 saturated carbocycles. The maximum absolute atomic E-state index is 2.44. The largest absolute Gasteiger partial charge is 0.310 e. The van der Waals surface area contributed by atoms with E-state index in [0.29, 0.717) is 0 Å². The minimum absolute atomic E-state index is 0.376. The first kappa shape index (κ1) is 22.5. The Morgan fingerprint density at radius 3 is 1.49 bits per heavy atom. The second-order valence-electron chi connectivity index (χ2n) is 10.1. The zero-order valence-corrected chi connectivity index (χ0v) is 22.1. The summed E-state index contributed by atoms with van der Waals surface area (Å²) in [6, 6.07) is 55.4. The lowest BCUT2D eigenvalue weighted by Crippen LogP contribution is -2.32. The molecule has 1 heterocycles. The third-order valence-corrected chi connectivity index (χ3v) is 9.27. The number of nitrogens with zero attached hydrogens (tertiary/aromatic N) is 1. The Balaban J connectivity index is 1.46. The van der Waals surface area contributed by atoms with E-state index in [2.05, 4.69) is 157 Å². The Bertz CT molecular complexity index is 1760. The van der Waals surface area contributed by atoms with Gasteiger partial charge in [-0.25, -0.2) is 0 Å². The molecule has 0 N–H and O–H groups in total. The van der Waals surface area contributed by atoms with E-state index >= 15 is 0 Å². The van der Waals surface area contributed by atoms with Crippen LogP contribution in [0.1, 0.15) is 22.3 Å². The molecule has 0 amide bonds. The zero-order valence-electron chi connectivity index (χ0n) is 21.3. The van der Waals surface area contributed by atoms with E-state index < -0.39 is 0 Å². The Morgan fingerprint density at radius 2 is 0.872 bits per heavy atom. The zero-order chi connectivity index (χ0) is 25.8. The number of hydrogen-bond acceptors (Lipinski definition) is 2. The molecule has 2 aliphatic rings. The molecule has 184 valence electrons. The van der Waals surface area contributed by atoms with Gasteiger partial charge in [-0.2, -0.15) is 0 Å². The number of fused-ring (bicyclic) bond motifs is 9. The molecule has 0 saturated heterocycles. The van der Waals surface area contributed by atoms with Gasteiger partial charge in [-0.1, -0.05) is 115 Å². The molecule has 39 heavy (non-hydrogen) atoms. The monoisotopic (exact) mass is 515 g/mol. The van der Waals surface area contributed by atoms with Crippen LogP contribution in [-0.2, 0) is 5.41 Å². The van der Waals surface area contributed by atoms with Gasteiger partial charge in [0.25, 0.3) is 0 Å². The Kier molecular flexibility index (Phi) is 5.04. The summed E-state index contributed by atoms with van der Waals surface area (Å²) in [5.41, 5.74) is 11.1. The maximum atomic E-state index is 2.44. The molecule has 0 fully saturated rings. The van der Waals surface area contributed by atoms with Crippen molar-refractivity contribution < 1.29 is 0 Å². The molecular formula is C37H25NS. The summed E-state index contributed by atoms with van der Waals surface area (Å²) in [5.74, 6) is 0. The lowest BCUT2D eigenvalue weighted by atomic mass is 9.67. The third-order valence-electron chi connectivity index (χ3n) is 8.12. The van der Waals surface area contributed by atoms with Crippen LogP contribution in [0.2, 0.25) is 0 Å². The van der Waals surface area contributed by atoms with Crippen molar-refractivity contribution in [3.05, 3.63) is 174 Å². The Hall–Kier alpha value is -4.53. The van der Waals surface area contributed by atoms with Gasteiger partial charge in [-0.05, 0) is 81.9 Å². The molecule has 0 atom stereocenters. The van der Waals surface area contributed by atoms with Gasteiger partial charge >= 0.3 is 0 Å². The summed E-state index contributed by atoms with van der Waals surface area (Å²) in [7, 11) is 0. The standard InChI is InChI=1S/C37H25NS/c1-3-13-26(14-4-1)38(27-15-5-2-6-16-27)28-23-24-30-29-17-7-8-18-31(29)37(34(30)25-28)32-19-9-11-21-35(32)39-36-22-12-10-20-33(36)37/h1-25H. The lowest BCUT2D eigenvalue weighted by molar-refractivity contribution is 0.722. The van der Waals surface area contributed by atoms with Crippen LogP contribution in [-0.4, -0.2) is 0 Å². The van der Waals surface area contributed by atoms with Gasteiger partial charge in [0, 0.05) is 26.9 Å². The number of anilines is 3. The fourth-order valence-electron chi connectivity index (χ4n) is 6.58. The van der Waals surface area contributed by atoms with Crippen LogP contribution in [0.3, 0.4) is 0 Å². The number of hydrogen-bond donors (Lipinski definition) is 0. The first-order valence-corrected chi connectivity index (χ1v) is 14.2. The van der Waals surface area contributed by atoms with Crippen molar-refractivity contribution in [3.8, 4) is 11.1 Å². The maximum Gasteiger partial charge on any atom is 0.0736 e. The van der Waals surface area contributed by atoms with Crippen LogP contribution < -0.4 is 4.90 Å². The SMILES string of the molecule is c1ccc(N(c2ccccc2)c2ccc3c(c2)C2(c4ccccc4Sc4ccccc42)c2ccccc2-3)cc1. The summed E-state index contributed by atoms with van der Waals surface area (Å²) in [4.78, 5) is 5.02. The molecule has 1 spiro atoms. The second kappa shape index (κ2) is 8.76. The van der Waals surface area contributed by atoms with Crippen LogP contribution in [0.15, 0.2) is 161 Å². The fraction of sp³-hybridized carbons (Fsp3) is 0.0270. The normalized spacial score (nSPS) is 13.7. The molecule has 2 heteroatoms. The van der Waals surface area contributed by atoms with E-state index in [-0.39, 0.29) is 5.41 Å². The van der Waals surface area contributed by atoms with Gasteiger partial charge in [0.05, 0.1) is 5.41 Å². The molecule has 0 aromatic heterocycles. The minimum Gasteiger partial charge on any atom is -0.310 e. The summed E-state index contributed by atoms with van der Waals surface area (Å²) in [6.07, 6.45) is 0. The number of rotatable bonds is 3. The average molecular weight is 516 g/mol. The number of benzene rings is 6. The van der Waals surface area contributed by atoms with Gasteiger partial charge in [0.2, 0.25) is 0 Å². The highest BCUT2D eigenvalue weighted by atomic mass is 32.2. The average Bonchev–Trinajstić information content (AvgIpc) is 3.29. The van der Waals surface area contributed by atoms with E-state index in [1.54, 1.807) is 0 Å². The highest BCUT2D eigenvalue weighted by molar-refractivity contribution is 7.99. The quantitative estimate of drug-likeness (QED) is 0.230. The first-order chi connectivity index (χ1) is 19.4. The van der Waals surface area contributed by atoms with Crippen molar-refractivity contribution in [3.63, 3.8) is 0 Å². The molecule has 8 rings (SSSR count). The molecule has 1 aliphatic heterocycles. The second-order valence-corrected chi connectivity index (χ2v) is 11.2. The third kappa shape index (κ3) is 3.22. The van der Waals surface area contributed by atoms with E-state index in [0.717, 1.165) is 17.1 Å². The van der Waals surface area contributed by atoms with Gasteiger partial charge < -0.3 is 4.90 Å². The van der Waals surface area contributed by atoms with Gasteiger partial charge in [0.1, 0.15) is 0 Å².